The topological polar surface area (TPSA) is 42.7 Å². The summed E-state index contributed by atoms with van der Waals surface area (Å²) in [5.74, 6) is 0.823. The fourth-order valence-corrected chi connectivity index (χ4v) is 6.70. The van der Waals surface area contributed by atoms with Crippen LogP contribution in [0.5, 0.6) is 0 Å². The third-order valence-electron chi connectivity index (χ3n) is 8.97. The molecular weight excluding hydrogens is 585 g/mol. The highest BCUT2D eigenvalue weighted by molar-refractivity contribution is 6.11. The summed E-state index contributed by atoms with van der Waals surface area (Å²) in [6.07, 6.45) is 0. The first-order valence-corrected chi connectivity index (χ1v) is 16.2. The van der Waals surface area contributed by atoms with E-state index >= 15 is 0 Å². The maximum atomic E-state index is 5.25. The summed E-state index contributed by atoms with van der Waals surface area (Å²) in [7, 11) is 0. The average Bonchev–Trinajstić information content (AvgIpc) is 3.49. The van der Waals surface area contributed by atoms with E-state index < -0.39 is 0 Å². The Morgan fingerprint density at radius 1 is 0.417 bits per heavy atom. The number of benzene rings is 7. The van der Waals surface area contributed by atoms with Gasteiger partial charge in [0.25, 0.3) is 0 Å². The van der Waals surface area contributed by atoms with Crippen LogP contribution in [0.15, 0.2) is 176 Å². The average molecular weight is 615 g/mol. The van der Waals surface area contributed by atoms with E-state index in [4.69, 9.17) is 9.97 Å². The van der Waals surface area contributed by atoms with Gasteiger partial charge in [0.1, 0.15) is 5.69 Å². The molecule has 0 atom stereocenters. The molecule has 9 aromatic rings. The zero-order valence-electron chi connectivity index (χ0n) is 26.1. The molecule has 7 aromatic carbocycles. The summed E-state index contributed by atoms with van der Waals surface area (Å²) in [5.41, 5.74) is 12.6. The van der Waals surface area contributed by atoms with Crippen LogP contribution in [0, 0.1) is 0 Å². The van der Waals surface area contributed by atoms with E-state index in [0.717, 1.165) is 72.8 Å². The largest absolute Gasteiger partial charge is 0.355 e. The molecule has 0 aliphatic heterocycles. The summed E-state index contributed by atoms with van der Waals surface area (Å²) in [6, 6.07) is 61.4. The molecule has 0 amide bonds. The van der Waals surface area contributed by atoms with Crippen molar-refractivity contribution in [1.82, 2.24) is 14.5 Å². The summed E-state index contributed by atoms with van der Waals surface area (Å²) in [5, 5.41) is 5.96. The first-order valence-electron chi connectivity index (χ1n) is 16.2. The number of hydrogen-bond acceptors (Lipinski definition) is 3. The molecule has 4 heteroatoms. The summed E-state index contributed by atoms with van der Waals surface area (Å²) in [4.78, 5) is 10.4. The van der Waals surface area contributed by atoms with Gasteiger partial charge in [0.2, 0.25) is 0 Å². The highest BCUT2D eigenvalue weighted by Gasteiger charge is 2.19. The molecule has 0 bridgehead atoms. The standard InChI is InChI=1S/C44H30N4/c1-3-14-30(15-4-1)43-44(47-40-24-11-10-23-39(40)46-43)48-41-25-12-8-21-36(41)37-29-32(26-27-42(37)48)31-16-13-17-33(28-31)35-20-7-9-22-38(35)45-34-18-5-2-6-19-34/h1-29,45H. The molecule has 0 saturated carbocycles. The zero-order chi connectivity index (χ0) is 31.9. The number of nitrogens with zero attached hydrogens (tertiary/aromatic N) is 3. The summed E-state index contributed by atoms with van der Waals surface area (Å²) < 4.78 is 2.28. The minimum Gasteiger partial charge on any atom is -0.355 e. The minimum atomic E-state index is 0.823. The fourth-order valence-electron chi connectivity index (χ4n) is 6.70. The first kappa shape index (κ1) is 27.8. The summed E-state index contributed by atoms with van der Waals surface area (Å²) in [6.45, 7) is 0. The molecule has 0 saturated heterocycles. The molecule has 0 unspecified atom stereocenters. The van der Waals surface area contributed by atoms with Crippen LogP contribution in [0.25, 0.3) is 72.2 Å². The normalized spacial score (nSPS) is 11.3. The van der Waals surface area contributed by atoms with E-state index in [-0.39, 0.29) is 0 Å². The molecule has 1 N–H and O–H groups in total. The van der Waals surface area contributed by atoms with Crippen molar-refractivity contribution in [2.75, 3.05) is 5.32 Å². The Morgan fingerprint density at radius 3 is 1.90 bits per heavy atom. The van der Waals surface area contributed by atoms with E-state index in [1.54, 1.807) is 0 Å². The lowest BCUT2D eigenvalue weighted by molar-refractivity contribution is 1.08. The minimum absolute atomic E-state index is 0.823. The predicted octanol–water partition coefficient (Wildman–Crippen LogP) is 11.5. The molecule has 4 nitrogen and oxygen atoms in total. The lowest BCUT2D eigenvalue weighted by atomic mass is 9.97. The lowest BCUT2D eigenvalue weighted by Crippen LogP contribution is -2.03. The van der Waals surface area contributed by atoms with Crippen LogP contribution in [0.3, 0.4) is 0 Å². The lowest BCUT2D eigenvalue weighted by Gasteiger charge is -2.14. The van der Waals surface area contributed by atoms with Crippen molar-refractivity contribution >= 4 is 44.2 Å². The number of anilines is 2. The van der Waals surface area contributed by atoms with Gasteiger partial charge in [-0.25, -0.2) is 9.97 Å². The van der Waals surface area contributed by atoms with Gasteiger partial charge in [0.15, 0.2) is 5.82 Å². The van der Waals surface area contributed by atoms with E-state index in [2.05, 4.69) is 137 Å². The molecule has 9 rings (SSSR count). The Kier molecular flexibility index (Phi) is 6.76. The Morgan fingerprint density at radius 2 is 1.04 bits per heavy atom. The monoisotopic (exact) mass is 614 g/mol. The van der Waals surface area contributed by atoms with Crippen molar-refractivity contribution in [3.05, 3.63) is 176 Å². The molecule has 0 aliphatic rings. The van der Waals surface area contributed by atoms with Gasteiger partial charge >= 0.3 is 0 Å². The van der Waals surface area contributed by atoms with Crippen molar-refractivity contribution in [2.45, 2.75) is 0 Å². The molecule has 48 heavy (non-hydrogen) atoms. The van der Waals surface area contributed by atoms with Gasteiger partial charge in [0, 0.05) is 33.3 Å². The molecule has 0 fully saturated rings. The van der Waals surface area contributed by atoms with Crippen LogP contribution in [-0.2, 0) is 0 Å². The van der Waals surface area contributed by atoms with Crippen molar-refractivity contribution in [3.63, 3.8) is 0 Å². The van der Waals surface area contributed by atoms with Gasteiger partial charge in [0.05, 0.1) is 22.1 Å². The number of fused-ring (bicyclic) bond motifs is 4. The Balaban J connectivity index is 1.20. The highest BCUT2D eigenvalue weighted by Crippen LogP contribution is 2.38. The second-order valence-corrected chi connectivity index (χ2v) is 12.0. The highest BCUT2D eigenvalue weighted by atomic mass is 15.1. The van der Waals surface area contributed by atoms with Crippen LogP contribution < -0.4 is 5.32 Å². The number of nitrogens with one attached hydrogen (secondary N) is 1. The van der Waals surface area contributed by atoms with Gasteiger partial charge in [-0.05, 0) is 71.3 Å². The molecule has 0 aliphatic carbocycles. The molecule has 0 radical (unpaired) electrons. The van der Waals surface area contributed by atoms with Crippen molar-refractivity contribution in [2.24, 2.45) is 0 Å². The van der Waals surface area contributed by atoms with Crippen molar-refractivity contribution < 1.29 is 0 Å². The number of hydrogen-bond donors (Lipinski definition) is 1. The summed E-state index contributed by atoms with van der Waals surface area (Å²) >= 11 is 0. The fraction of sp³-hybridized carbons (Fsp3) is 0. The first-order chi connectivity index (χ1) is 23.8. The van der Waals surface area contributed by atoms with Crippen LogP contribution in [0.1, 0.15) is 0 Å². The van der Waals surface area contributed by atoms with Gasteiger partial charge in [-0.15, -0.1) is 0 Å². The molecule has 2 heterocycles. The SMILES string of the molecule is c1ccc(Nc2ccccc2-c2cccc(-c3ccc4c(c3)c3ccccc3n4-c3nc4ccccc4nc3-c3ccccc3)c2)cc1. The molecular formula is C44H30N4. The van der Waals surface area contributed by atoms with Crippen LogP contribution in [-0.4, -0.2) is 14.5 Å². The molecule has 2 aromatic heterocycles. The maximum absolute atomic E-state index is 5.25. The van der Waals surface area contributed by atoms with Crippen molar-refractivity contribution in [3.8, 4) is 39.3 Å². The second kappa shape index (κ2) is 11.7. The smallest absolute Gasteiger partial charge is 0.165 e. The van der Waals surface area contributed by atoms with Crippen molar-refractivity contribution in [1.29, 1.82) is 0 Å². The number of para-hydroxylation sites is 5. The Hall–Kier alpha value is -6.52. The van der Waals surface area contributed by atoms with Gasteiger partial charge in [-0.2, -0.15) is 0 Å². The Labute approximate surface area is 278 Å². The van der Waals surface area contributed by atoms with Gasteiger partial charge < -0.3 is 5.32 Å². The number of rotatable bonds is 6. The van der Waals surface area contributed by atoms with E-state index in [1.165, 1.54) is 10.8 Å². The van der Waals surface area contributed by atoms with Crippen LogP contribution in [0.4, 0.5) is 11.4 Å². The number of aromatic nitrogens is 3. The zero-order valence-corrected chi connectivity index (χ0v) is 26.1. The van der Waals surface area contributed by atoms with Gasteiger partial charge in [-0.1, -0.05) is 121 Å². The van der Waals surface area contributed by atoms with Crippen LogP contribution in [0.2, 0.25) is 0 Å². The molecule has 0 spiro atoms. The van der Waals surface area contributed by atoms with E-state index in [9.17, 15) is 0 Å². The predicted molar refractivity (Wildman–Crippen MR) is 200 cm³/mol. The third kappa shape index (κ3) is 4.88. The van der Waals surface area contributed by atoms with E-state index in [0.29, 0.717) is 0 Å². The third-order valence-corrected chi connectivity index (χ3v) is 8.97. The molecule has 226 valence electrons. The van der Waals surface area contributed by atoms with Crippen LogP contribution >= 0.6 is 0 Å². The van der Waals surface area contributed by atoms with E-state index in [1.807, 2.05) is 48.5 Å². The quantitative estimate of drug-likeness (QED) is 0.203. The maximum Gasteiger partial charge on any atom is 0.165 e. The van der Waals surface area contributed by atoms with Gasteiger partial charge in [-0.3, -0.25) is 4.57 Å². The second-order valence-electron chi connectivity index (χ2n) is 12.0. The Bertz CT molecular complexity index is 2590.